The van der Waals surface area contributed by atoms with Crippen LogP contribution in [0.15, 0.2) is 29.2 Å². The molecule has 1 fully saturated rings. The van der Waals surface area contributed by atoms with Crippen molar-refractivity contribution >= 4 is 39.4 Å². The van der Waals surface area contributed by atoms with Crippen molar-refractivity contribution in [2.75, 3.05) is 0 Å². The van der Waals surface area contributed by atoms with E-state index < -0.39 is 23.5 Å². The average molecular weight is 306 g/mol. The molecule has 108 valence electrons. The largest absolute Gasteiger partial charge is 0.419 e. The van der Waals surface area contributed by atoms with Crippen LogP contribution in [0.4, 0.5) is 4.39 Å². The summed E-state index contributed by atoms with van der Waals surface area (Å²) in [5.41, 5.74) is -0.135. The van der Waals surface area contributed by atoms with Crippen molar-refractivity contribution in [1.29, 1.82) is 0 Å². The normalized spacial score (nSPS) is 17.6. The minimum Gasteiger partial charge on any atom is -0.419 e. The van der Waals surface area contributed by atoms with E-state index in [4.69, 9.17) is 9.47 Å². The van der Waals surface area contributed by atoms with Crippen molar-refractivity contribution in [3.63, 3.8) is 0 Å². The summed E-state index contributed by atoms with van der Waals surface area (Å²) >= 11 is 1.45. The zero-order chi connectivity index (χ0) is 15.2. The van der Waals surface area contributed by atoms with Crippen molar-refractivity contribution in [2.24, 2.45) is 0 Å². The van der Waals surface area contributed by atoms with Gasteiger partial charge in [0, 0.05) is 29.5 Å². The molecule has 0 aliphatic carbocycles. The molecule has 2 aromatic rings. The van der Waals surface area contributed by atoms with Crippen LogP contribution in [0.2, 0.25) is 0 Å². The number of cyclic esters (lactones) is 2. The molecule has 0 radical (unpaired) electrons. The third-order valence-corrected chi connectivity index (χ3v) is 3.91. The molecule has 0 bridgehead atoms. The lowest BCUT2D eigenvalue weighted by Crippen LogP contribution is -2.41. The van der Waals surface area contributed by atoms with Gasteiger partial charge < -0.3 is 9.47 Å². The lowest BCUT2D eigenvalue weighted by molar-refractivity contribution is -0.222. The van der Waals surface area contributed by atoms with Gasteiger partial charge in [-0.15, -0.1) is 11.3 Å². The molecule has 0 amide bonds. The molecular formula is C15H11FO4S. The van der Waals surface area contributed by atoms with E-state index in [1.807, 2.05) is 5.38 Å². The second-order valence-electron chi connectivity index (χ2n) is 5.03. The fourth-order valence-electron chi connectivity index (χ4n) is 2.11. The van der Waals surface area contributed by atoms with Gasteiger partial charge in [0.1, 0.15) is 11.4 Å². The van der Waals surface area contributed by atoms with Crippen molar-refractivity contribution in [2.45, 2.75) is 19.6 Å². The van der Waals surface area contributed by atoms with Crippen LogP contribution in [0, 0.1) is 5.82 Å². The summed E-state index contributed by atoms with van der Waals surface area (Å²) < 4.78 is 24.9. The molecule has 1 aliphatic rings. The fraction of sp³-hybridized carbons (Fsp3) is 0.200. The molecular weight excluding hydrogens is 295 g/mol. The maximum absolute atomic E-state index is 14.0. The molecule has 1 aromatic heterocycles. The Hall–Kier alpha value is -2.21. The monoisotopic (exact) mass is 306 g/mol. The molecule has 21 heavy (non-hydrogen) atoms. The summed E-state index contributed by atoms with van der Waals surface area (Å²) in [6.45, 7) is 2.92. The van der Waals surface area contributed by atoms with Crippen molar-refractivity contribution in [3.8, 4) is 0 Å². The van der Waals surface area contributed by atoms with Gasteiger partial charge in [-0.05, 0) is 29.7 Å². The highest BCUT2D eigenvalue weighted by atomic mass is 32.1. The van der Waals surface area contributed by atoms with Crippen LogP contribution in [0.1, 0.15) is 19.4 Å². The molecule has 1 saturated heterocycles. The number of benzene rings is 1. The Kier molecular flexibility index (Phi) is 3.06. The van der Waals surface area contributed by atoms with E-state index in [-0.39, 0.29) is 11.1 Å². The van der Waals surface area contributed by atoms with Crippen LogP contribution >= 0.6 is 11.3 Å². The van der Waals surface area contributed by atoms with Gasteiger partial charge in [0.2, 0.25) is 0 Å². The Labute approximate surface area is 123 Å². The van der Waals surface area contributed by atoms with Crippen molar-refractivity contribution in [3.05, 3.63) is 40.5 Å². The number of thiophene rings is 1. The van der Waals surface area contributed by atoms with Gasteiger partial charge in [-0.2, -0.15) is 0 Å². The van der Waals surface area contributed by atoms with E-state index in [1.165, 1.54) is 37.3 Å². The SMILES string of the molecule is CC1(C)OC(=O)C(=Cc2c(F)ccc3sccc23)C(=O)O1. The first-order valence-corrected chi connectivity index (χ1v) is 7.09. The number of fused-ring (bicyclic) bond motifs is 1. The van der Waals surface area contributed by atoms with Gasteiger partial charge in [-0.3, -0.25) is 0 Å². The minimum atomic E-state index is -1.31. The third-order valence-electron chi connectivity index (χ3n) is 3.03. The molecule has 2 heterocycles. The zero-order valence-corrected chi connectivity index (χ0v) is 12.1. The predicted molar refractivity (Wildman–Crippen MR) is 76.0 cm³/mol. The van der Waals surface area contributed by atoms with Crippen LogP contribution in [0.5, 0.6) is 0 Å². The van der Waals surface area contributed by atoms with Gasteiger partial charge in [0.25, 0.3) is 5.79 Å². The molecule has 0 atom stereocenters. The first kappa shape index (κ1) is 13.8. The highest BCUT2D eigenvalue weighted by Gasteiger charge is 2.39. The summed E-state index contributed by atoms with van der Waals surface area (Å²) in [4.78, 5) is 23.8. The highest BCUT2D eigenvalue weighted by Crippen LogP contribution is 2.30. The van der Waals surface area contributed by atoms with Crippen LogP contribution in [0.25, 0.3) is 16.2 Å². The topological polar surface area (TPSA) is 52.6 Å². The number of halogens is 1. The summed E-state index contributed by atoms with van der Waals surface area (Å²) in [6, 6.07) is 4.69. The summed E-state index contributed by atoms with van der Waals surface area (Å²) in [5.74, 6) is -3.46. The van der Waals surface area contributed by atoms with Crippen LogP contribution in [-0.2, 0) is 19.1 Å². The first-order chi connectivity index (χ1) is 9.87. The predicted octanol–water partition coefficient (Wildman–Crippen LogP) is 3.26. The third kappa shape index (κ3) is 2.42. The molecule has 1 aromatic carbocycles. The van der Waals surface area contributed by atoms with E-state index in [1.54, 1.807) is 12.1 Å². The van der Waals surface area contributed by atoms with E-state index in [0.717, 1.165) is 4.70 Å². The van der Waals surface area contributed by atoms with E-state index in [9.17, 15) is 14.0 Å². The van der Waals surface area contributed by atoms with Gasteiger partial charge in [0.15, 0.2) is 0 Å². The second-order valence-corrected chi connectivity index (χ2v) is 5.98. The van der Waals surface area contributed by atoms with E-state index >= 15 is 0 Å². The maximum atomic E-state index is 14.0. The molecule has 6 heteroatoms. The number of ether oxygens (including phenoxy) is 2. The molecule has 3 rings (SSSR count). The van der Waals surface area contributed by atoms with Crippen LogP contribution in [-0.4, -0.2) is 17.7 Å². The highest BCUT2D eigenvalue weighted by molar-refractivity contribution is 7.17. The van der Waals surface area contributed by atoms with Gasteiger partial charge in [0.05, 0.1) is 0 Å². The number of rotatable bonds is 1. The minimum absolute atomic E-state index is 0.178. The number of hydrogen-bond acceptors (Lipinski definition) is 5. The number of carbonyl (C=O) groups excluding carboxylic acids is 2. The Bertz CT molecular complexity index is 766. The van der Waals surface area contributed by atoms with Gasteiger partial charge in [-0.25, -0.2) is 14.0 Å². The fourth-order valence-corrected chi connectivity index (χ4v) is 2.91. The maximum Gasteiger partial charge on any atom is 0.348 e. The molecule has 0 unspecified atom stereocenters. The number of esters is 2. The Morgan fingerprint density at radius 2 is 1.81 bits per heavy atom. The van der Waals surface area contributed by atoms with Crippen LogP contribution in [0.3, 0.4) is 0 Å². The molecule has 1 aliphatic heterocycles. The van der Waals surface area contributed by atoms with E-state index in [2.05, 4.69) is 0 Å². The summed E-state index contributed by atoms with van der Waals surface area (Å²) in [7, 11) is 0. The number of hydrogen-bond donors (Lipinski definition) is 0. The Balaban J connectivity index is 2.12. The number of carbonyl (C=O) groups is 2. The molecule has 0 N–H and O–H groups in total. The Morgan fingerprint density at radius 3 is 2.48 bits per heavy atom. The van der Waals surface area contributed by atoms with Gasteiger partial charge in [-0.1, -0.05) is 0 Å². The second kappa shape index (κ2) is 4.66. The molecule has 0 spiro atoms. The smallest absolute Gasteiger partial charge is 0.348 e. The van der Waals surface area contributed by atoms with E-state index in [0.29, 0.717) is 5.39 Å². The lowest BCUT2D eigenvalue weighted by Gasteiger charge is -2.29. The summed E-state index contributed by atoms with van der Waals surface area (Å²) in [6.07, 6.45) is 1.18. The quantitative estimate of drug-likeness (QED) is 0.461. The first-order valence-electron chi connectivity index (χ1n) is 6.21. The molecule has 0 saturated carbocycles. The van der Waals surface area contributed by atoms with Crippen LogP contribution < -0.4 is 0 Å². The summed E-state index contributed by atoms with van der Waals surface area (Å²) in [5, 5.41) is 2.45. The Morgan fingerprint density at radius 1 is 1.14 bits per heavy atom. The zero-order valence-electron chi connectivity index (χ0n) is 11.3. The average Bonchev–Trinajstić information content (AvgIpc) is 2.83. The lowest BCUT2D eigenvalue weighted by atomic mass is 10.1. The molecule has 4 nitrogen and oxygen atoms in total. The van der Waals surface area contributed by atoms with Gasteiger partial charge >= 0.3 is 11.9 Å². The standard InChI is InChI=1S/C15H11FO4S/c1-15(2)19-13(17)10(14(18)20-15)7-9-8-5-6-21-12(8)4-3-11(9)16/h3-7H,1-2H3. The van der Waals surface area contributed by atoms with Crippen molar-refractivity contribution < 1.29 is 23.5 Å². The van der Waals surface area contributed by atoms with Crippen molar-refractivity contribution in [1.82, 2.24) is 0 Å².